The van der Waals surface area contributed by atoms with Gasteiger partial charge in [-0.1, -0.05) is 18.6 Å². The summed E-state index contributed by atoms with van der Waals surface area (Å²) < 4.78 is 0. The van der Waals surface area contributed by atoms with E-state index < -0.39 is 5.97 Å². The highest BCUT2D eigenvalue weighted by Gasteiger charge is 2.36. The number of benzene rings is 1. The van der Waals surface area contributed by atoms with Crippen molar-refractivity contribution < 1.29 is 14.7 Å². The van der Waals surface area contributed by atoms with Gasteiger partial charge in [0.2, 0.25) is 0 Å². The van der Waals surface area contributed by atoms with Gasteiger partial charge in [0.1, 0.15) is 0 Å². The van der Waals surface area contributed by atoms with Crippen molar-refractivity contribution in [3.63, 3.8) is 0 Å². The maximum Gasteiger partial charge on any atom is 0.337 e. The van der Waals surface area contributed by atoms with E-state index in [1.54, 1.807) is 18.2 Å². The number of hydrogen-bond acceptors (Lipinski definition) is 2. The van der Waals surface area contributed by atoms with Crippen LogP contribution >= 0.6 is 0 Å². The van der Waals surface area contributed by atoms with Crippen LogP contribution in [0.4, 0.5) is 10.5 Å². The topological polar surface area (TPSA) is 78.4 Å². The van der Waals surface area contributed by atoms with Gasteiger partial charge < -0.3 is 15.7 Å². The van der Waals surface area contributed by atoms with Crippen LogP contribution < -0.4 is 10.6 Å². The standard InChI is InChI=1S/C15H20N2O3/c1-3-15(7-4-8-15)17-14(20)16-12-6-5-10(2)9-11(12)13(18)19/h5-6,9H,3-4,7-8H2,1-2H3,(H,18,19)(H2,16,17,20). The number of nitrogens with one attached hydrogen (secondary N) is 2. The van der Waals surface area contributed by atoms with E-state index in [4.69, 9.17) is 5.11 Å². The minimum Gasteiger partial charge on any atom is -0.478 e. The Hall–Kier alpha value is -2.04. The summed E-state index contributed by atoms with van der Waals surface area (Å²) in [5, 5.41) is 14.8. The minimum absolute atomic E-state index is 0.110. The van der Waals surface area contributed by atoms with E-state index in [1.807, 2.05) is 13.8 Å². The van der Waals surface area contributed by atoms with Gasteiger partial charge in [0, 0.05) is 5.54 Å². The van der Waals surface area contributed by atoms with Gasteiger partial charge in [0.15, 0.2) is 0 Å². The smallest absolute Gasteiger partial charge is 0.337 e. The zero-order valence-electron chi connectivity index (χ0n) is 11.8. The number of urea groups is 1. The zero-order valence-corrected chi connectivity index (χ0v) is 11.8. The van der Waals surface area contributed by atoms with Gasteiger partial charge in [-0.15, -0.1) is 0 Å². The highest BCUT2D eigenvalue weighted by atomic mass is 16.4. The Kier molecular flexibility index (Phi) is 3.97. The van der Waals surface area contributed by atoms with Crippen LogP contribution in [0, 0.1) is 6.92 Å². The number of amides is 2. The molecule has 0 heterocycles. The number of carboxylic acid groups (broad SMARTS) is 1. The average molecular weight is 276 g/mol. The Bertz CT molecular complexity index is 530. The molecule has 0 atom stereocenters. The molecule has 20 heavy (non-hydrogen) atoms. The van der Waals surface area contributed by atoms with Crippen molar-refractivity contribution in [2.45, 2.75) is 45.1 Å². The number of aryl methyl sites for hydroxylation is 1. The number of aromatic carboxylic acids is 1. The molecule has 108 valence electrons. The van der Waals surface area contributed by atoms with Crippen molar-refractivity contribution in [3.05, 3.63) is 29.3 Å². The molecule has 3 N–H and O–H groups in total. The van der Waals surface area contributed by atoms with Crippen LogP contribution in [0.5, 0.6) is 0 Å². The van der Waals surface area contributed by atoms with Gasteiger partial charge in [-0.2, -0.15) is 0 Å². The predicted octanol–water partition coefficient (Wildman–Crippen LogP) is 3.15. The predicted molar refractivity (Wildman–Crippen MR) is 77.2 cm³/mol. The number of carboxylic acids is 1. The summed E-state index contributed by atoms with van der Waals surface area (Å²) >= 11 is 0. The van der Waals surface area contributed by atoms with Crippen LogP contribution in [0.2, 0.25) is 0 Å². The third-order valence-electron chi connectivity index (χ3n) is 4.02. The Labute approximate surface area is 118 Å². The molecule has 0 bridgehead atoms. The molecular weight excluding hydrogens is 256 g/mol. The molecule has 1 saturated carbocycles. The summed E-state index contributed by atoms with van der Waals surface area (Å²) in [6.07, 6.45) is 3.98. The van der Waals surface area contributed by atoms with Gasteiger partial charge in [-0.3, -0.25) is 0 Å². The van der Waals surface area contributed by atoms with E-state index in [0.29, 0.717) is 5.69 Å². The van der Waals surface area contributed by atoms with Crippen LogP contribution in [-0.2, 0) is 0 Å². The lowest BCUT2D eigenvalue weighted by Crippen LogP contribution is -2.54. The van der Waals surface area contributed by atoms with E-state index in [1.165, 1.54) is 0 Å². The molecule has 0 radical (unpaired) electrons. The van der Waals surface area contributed by atoms with E-state index in [0.717, 1.165) is 31.2 Å². The normalized spacial score (nSPS) is 16.1. The monoisotopic (exact) mass is 276 g/mol. The zero-order chi connectivity index (χ0) is 14.8. The third kappa shape index (κ3) is 2.92. The highest BCUT2D eigenvalue weighted by molar-refractivity contribution is 6.00. The van der Waals surface area contributed by atoms with Gasteiger partial charge in [-0.25, -0.2) is 9.59 Å². The maximum atomic E-state index is 12.0. The molecule has 1 fully saturated rings. The van der Waals surface area contributed by atoms with Crippen LogP contribution in [0.15, 0.2) is 18.2 Å². The van der Waals surface area contributed by atoms with E-state index in [2.05, 4.69) is 10.6 Å². The molecule has 0 spiro atoms. The fraction of sp³-hybridized carbons (Fsp3) is 0.467. The van der Waals surface area contributed by atoms with Crippen molar-refractivity contribution in [2.24, 2.45) is 0 Å². The molecule has 2 amide bonds. The summed E-state index contributed by atoms with van der Waals surface area (Å²) in [7, 11) is 0. The summed E-state index contributed by atoms with van der Waals surface area (Å²) in [4.78, 5) is 23.2. The maximum absolute atomic E-state index is 12.0. The number of carbonyl (C=O) groups is 2. The number of rotatable bonds is 4. The second kappa shape index (κ2) is 5.53. The third-order valence-corrected chi connectivity index (χ3v) is 4.02. The molecule has 5 heteroatoms. The summed E-state index contributed by atoms with van der Waals surface area (Å²) in [5.41, 5.74) is 1.17. The van der Waals surface area contributed by atoms with Crippen molar-refractivity contribution >= 4 is 17.7 Å². The quantitative estimate of drug-likeness (QED) is 0.790. The van der Waals surface area contributed by atoms with E-state index >= 15 is 0 Å². The molecule has 1 aliphatic carbocycles. The molecule has 0 saturated heterocycles. The molecule has 0 unspecified atom stereocenters. The van der Waals surface area contributed by atoms with Gasteiger partial charge >= 0.3 is 12.0 Å². The molecule has 5 nitrogen and oxygen atoms in total. The molecule has 1 aromatic rings. The molecule has 1 aliphatic rings. The van der Waals surface area contributed by atoms with E-state index in [9.17, 15) is 9.59 Å². The second-order valence-electron chi connectivity index (χ2n) is 5.42. The molecule has 0 aliphatic heterocycles. The Balaban J connectivity index is 2.10. The number of hydrogen-bond donors (Lipinski definition) is 3. The first kappa shape index (κ1) is 14.4. The first-order valence-electron chi connectivity index (χ1n) is 6.89. The van der Waals surface area contributed by atoms with Gasteiger partial charge in [0.25, 0.3) is 0 Å². The van der Waals surface area contributed by atoms with Gasteiger partial charge in [-0.05, 0) is 44.7 Å². The number of carbonyl (C=O) groups excluding carboxylic acids is 1. The van der Waals surface area contributed by atoms with Crippen molar-refractivity contribution in [1.29, 1.82) is 0 Å². The average Bonchev–Trinajstić information content (AvgIpc) is 2.36. The Morgan fingerprint density at radius 2 is 2.05 bits per heavy atom. The fourth-order valence-electron chi connectivity index (χ4n) is 2.51. The summed E-state index contributed by atoms with van der Waals surface area (Å²) in [5.74, 6) is -1.04. The first-order chi connectivity index (χ1) is 9.46. The number of anilines is 1. The second-order valence-corrected chi connectivity index (χ2v) is 5.42. The Morgan fingerprint density at radius 1 is 1.35 bits per heavy atom. The summed E-state index contributed by atoms with van der Waals surface area (Å²) in [6, 6.07) is 4.62. The highest BCUT2D eigenvalue weighted by Crippen LogP contribution is 2.34. The Morgan fingerprint density at radius 3 is 2.55 bits per heavy atom. The molecule has 0 aromatic heterocycles. The van der Waals surface area contributed by atoms with E-state index in [-0.39, 0.29) is 17.1 Å². The molecule has 2 rings (SSSR count). The van der Waals surface area contributed by atoms with Crippen molar-refractivity contribution in [1.82, 2.24) is 5.32 Å². The van der Waals surface area contributed by atoms with Crippen LogP contribution in [0.25, 0.3) is 0 Å². The van der Waals surface area contributed by atoms with Gasteiger partial charge in [0.05, 0.1) is 11.3 Å². The summed E-state index contributed by atoms with van der Waals surface area (Å²) in [6.45, 7) is 3.87. The largest absolute Gasteiger partial charge is 0.478 e. The van der Waals surface area contributed by atoms with Crippen LogP contribution in [-0.4, -0.2) is 22.6 Å². The van der Waals surface area contributed by atoms with Crippen LogP contribution in [0.1, 0.15) is 48.5 Å². The SMILES string of the molecule is CCC1(NC(=O)Nc2ccc(C)cc2C(=O)O)CCC1. The molecule has 1 aromatic carbocycles. The lowest BCUT2D eigenvalue weighted by molar-refractivity contribution is 0.0698. The minimum atomic E-state index is -1.04. The first-order valence-corrected chi connectivity index (χ1v) is 6.89. The van der Waals surface area contributed by atoms with Crippen molar-refractivity contribution in [2.75, 3.05) is 5.32 Å². The fourth-order valence-corrected chi connectivity index (χ4v) is 2.51. The lowest BCUT2D eigenvalue weighted by Gasteiger charge is -2.41. The molecular formula is C15H20N2O3. The van der Waals surface area contributed by atoms with Crippen molar-refractivity contribution in [3.8, 4) is 0 Å². The lowest BCUT2D eigenvalue weighted by atomic mass is 9.75. The van der Waals surface area contributed by atoms with Crippen LogP contribution in [0.3, 0.4) is 0 Å².